The van der Waals surface area contributed by atoms with Crippen LogP contribution in [0.5, 0.6) is 5.75 Å². The van der Waals surface area contributed by atoms with Crippen molar-refractivity contribution < 1.29 is 9.15 Å². The summed E-state index contributed by atoms with van der Waals surface area (Å²) in [6.45, 7) is 0.396. The van der Waals surface area contributed by atoms with Gasteiger partial charge in [0.2, 0.25) is 5.89 Å². The van der Waals surface area contributed by atoms with Crippen molar-refractivity contribution in [3.05, 3.63) is 84.1 Å². The molecule has 2 aromatic carbocycles. The molecular weight excluding hydrogens is 262 g/mol. The van der Waals surface area contributed by atoms with E-state index < -0.39 is 0 Å². The molecule has 0 aliphatic carbocycles. The topological polar surface area (TPSA) is 35.3 Å². The summed E-state index contributed by atoms with van der Waals surface area (Å²) >= 11 is 0. The highest BCUT2D eigenvalue weighted by Crippen LogP contribution is 2.13. The number of hydrogen-bond donors (Lipinski definition) is 0. The van der Waals surface area contributed by atoms with E-state index in [0.717, 1.165) is 17.0 Å². The Labute approximate surface area is 123 Å². The zero-order valence-corrected chi connectivity index (χ0v) is 11.5. The molecule has 21 heavy (non-hydrogen) atoms. The summed E-state index contributed by atoms with van der Waals surface area (Å²) in [5.41, 5.74) is 1.88. The highest BCUT2D eigenvalue weighted by molar-refractivity contribution is 5.65. The largest absolute Gasteiger partial charge is 0.487 e. The molecule has 0 spiro atoms. The number of nitrogens with zero attached hydrogens (tertiary/aromatic N) is 1. The molecule has 1 aromatic heterocycles. The van der Waals surface area contributed by atoms with Gasteiger partial charge in [-0.15, -0.1) is 0 Å². The molecule has 3 nitrogen and oxygen atoms in total. The second-order valence-corrected chi connectivity index (χ2v) is 4.52. The van der Waals surface area contributed by atoms with Crippen molar-refractivity contribution >= 4 is 12.2 Å². The highest BCUT2D eigenvalue weighted by Gasteiger charge is 2.02. The first-order chi connectivity index (χ1) is 10.4. The van der Waals surface area contributed by atoms with Crippen LogP contribution in [0.1, 0.15) is 17.1 Å². The molecule has 0 unspecified atom stereocenters. The summed E-state index contributed by atoms with van der Waals surface area (Å²) in [6, 6.07) is 19.7. The van der Waals surface area contributed by atoms with Crippen molar-refractivity contribution in [1.82, 2.24) is 4.98 Å². The van der Waals surface area contributed by atoms with Crippen LogP contribution in [0.15, 0.2) is 71.3 Å². The zero-order valence-electron chi connectivity index (χ0n) is 11.5. The van der Waals surface area contributed by atoms with E-state index in [1.165, 1.54) is 0 Å². The van der Waals surface area contributed by atoms with Crippen LogP contribution in [0.3, 0.4) is 0 Å². The Balaban J connectivity index is 1.60. The van der Waals surface area contributed by atoms with Gasteiger partial charge < -0.3 is 9.15 Å². The summed E-state index contributed by atoms with van der Waals surface area (Å²) < 4.78 is 11.0. The number of ether oxygens (including phenoxy) is 1. The average molecular weight is 277 g/mol. The first-order valence-electron chi connectivity index (χ1n) is 6.75. The van der Waals surface area contributed by atoms with Crippen molar-refractivity contribution in [3.63, 3.8) is 0 Å². The second-order valence-electron chi connectivity index (χ2n) is 4.52. The Morgan fingerprint density at radius 2 is 1.62 bits per heavy atom. The Bertz CT molecular complexity index is 702. The van der Waals surface area contributed by atoms with E-state index in [9.17, 15) is 0 Å². The third-order valence-corrected chi connectivity index (χ3v) is 2.92. The van der Waals surface area contributed by atoms with Gasteiger partial charge in [-0.25, -0.2) is 4.98 Å². The molecule has 3 aromatic rings. The maximum Gasteiger partial charge on any atom is 0.218 e. The zero-order chi connectivity index (χ0) is 14.3. The first kappa shape index (κ1) is 13.2. The Morgan fingerprint density at radius 1 is 0.905 bits per heavy atom. The van der Waals surface area contributed by atoms with Crippen molar-refractivity contribution in [1.29, 1.82) is 0 Å². The Hall–Kier alpha value is -2.81. The van der Waals surface area contributed by atoms with Crippen LogP contribution in [0.4, 0.5) is 0 Å². The second kappa shape index (κ2) is 6.57. The van der Waals surface area contributed by atoms with Crippen molar-refractivity contribution in [2.75, 3.05) is 0 Å². The standard InChI is InChI=1S/C18H15NO2/c1-3-7-15(8-4-1)11-12-18-19-16(14-21-18)13-20-17-9-5-2-6-10-17/h1-12,14H,13H2/b12-11+. The molecule has 104 valence electrons. The molecule has 0 fully saturated rings. The number of para-hydroxylation sites is 1. The Kier molecular flexibility index (Phi) is 4.12. The van der Waals surface area contributed by atoms with E-state index in [2.05, 4.69) is 4.98 Å². The lowest BCUT2D eigenvalue weighted by atomic mass is 10.2. The van der Waals surface area contributed by atoms with Crippen molar-refractivity contribution in [2.24, 2.45) is 0 Å². The van der Waals surface area contributed by atoms with Crippen LogP contribution in [-0.4, -0.2) is 4.98 Å². The summed E-state index contributed by atoms with van der Waals surface area (Å²) in [6.07, 6.45) is 5.43. The van der Waals surface area contributed by atoms with Gasteiger partial charge in [0.05, 0.1) is 0 Å². The van der Waals surface area contributed by atoms with Gasteiger partial charge in [-0.1, -0.05) is 48.5 Å². The summed E-state index contributed by atoms with van der Waals surface area (Å²) in [4.78, 5) is 4.36. The van der Waals surface area contributed by atoms with Crippen molar-refractivity contribution in [2.45, 2.75) is 6.61 Å². The van der Waals surface area contributed by atoms with E-state index in [1.807, 2.05) is 72.8 Å². The molecular formula is C18H15NO2. The Morgan fingerprint density at radius 3 is 2.38 bits per heavy atom. The lowest BCUT2D eigenvalue weighted by molar-refractivity contribution is 0.301. The molecule has 0 aliphatic heterocycles. The average Bonchev–Trinajstić information content (AvgIpc) is 3.01. The fourth-order valence-electron chi connectivity index (χ4n) is 1.87. The smallest absolute Gasteiger partial charge is 0.218 e. The number of hydrogen-bond acceptors (Lipinski definition) is 3. The fourth-order valence-corrected chi connectivity index (χ4v) is 1.87. The van der Waals surface area contributed by atoms with Gasteiger partial charge >= 0.3 is 0 Å². The molecule has 0 saturated heterocycles. The molecule has 3 rings (SSSR count). The molecule has 1 heterocycles. The minimum absolute atomic E-state index is 0.396. The highest BCUT2D eigenvalue weighted by atomic mass is 16.5. The molecule has 0 aliphatic rings. The van der Waals surface area contributed by atoms with Gasteiger partial charge in [0, 0.05) is 6.08 Å². The number of benzene rings is 2. The molecule has 0 atom stereocenters. The quantitative estimate of drug-likeness (QED) is 0.692. The van der Waals surface area contributed by atoms with Crippen LogP contribution in [0.25, 0.3) is 12.2 Å². The molecule has 3 heteroatoms. The van der Waals surface area contributed by atoms with Crippen LogP contribution < -0.4 is 4.74 Å². The molecule has 0 amide bonds. The van der Waals surface area contributed by atoms with Gasteiger partial charge in [0.1, 0.15) is 24.3 Å². The van der Waals surface area contributed by atoms with E-state index in [0.29, 0.717) is 12.5 Å². The van der Waals surface area contributed by atoms with Crippen LogP contribution >= 0.6 is 0 Å². The monoisotopic (exact) mass is 277 g/mol. The summed E-state index contributed by atoms with van der Waals surface area (Å²) in [7, 11) is 0. The minimum atomic E-state index is 0.396. The van der Waals surface area contributed by atoms with E-state index >= 15 is 0 Å². The predicted molar refractivity (Wildman–Crippen MR) is 82.6 cm³/mol. The van der Waals surface area contributed by atoms with E-state index in [-0.39, 0.29) is 0 Å². The van der Waals surface area contributed by atoms with Gasteiger partial charge in [-0.3, -0.25) is 0 Å². The normalized spacial score (nSPS) is 10.9. The van der Waals surface area contributed by atoms with Crippen LogP contribution in [-0.2, 0) is 6.61 Å². The molecule has 0 saturated carbocycles. The first-order valence-corrected chi connectivity index (χ1v) is 6.75. The van der Waals surface area contributed by atoms with Gasteiger partial charge in [-0.05, 0) is 23.8 Å². The summed E-state index contributed by atoms with van der Waals surface area (Å²) in [5, 5.41) is 0. The third kappa shape index (κ3) is 3.83. The lowest BCUT2D eigenvalue weighted by Gasteiger charge is -2.01. The lowest BCUT2D eigenvalue weighted by Crippen LogP contribution is -1.95. The summed E-state index contributed by atoms with van der Waals surface area (Å²) in [5.74, 6) is 1.40. The van der Waals surface area contributed by atoms with E-state index in [1.54, 1.807) is 6.26 Å². The minimum Gasteiger partial charge on any atom is -0.487 e. The van der Waals surface area contributed by atoms with Crippen LogP contribution in [0, 0.1) is 0 Å². The SMILES string of the molecule is C(=C\c1nc(COc2ccccc2)co1)/c1ccccc1. The molecule has 0 bridgehead atoms. The van der Waals surface area contributed by atoms with E-state index in [4.69, 9.17) is 9.15 Å². The molecule has 0 N–H and O–H groups in total. The molecule has 0 radical (unpaired) electrons. The number of rotatable bonds is 5. The maximum absolute atomic E-state index is 5.62. The predicted octanol–water partition coefficient (Wildman–Crippen LogP) is 4.42. The van der Waals surface area contributed by atoms with Gasteiger partial charge in [0.15, 0.2) is 0 Å². The number of oxazole rings is 1. The third-order valence-electron chi connectivity index (χ3n) is 2.92. The number of aromatic nitrogens is 1. The van der Waals surface area contributed by atoms with Crippen molar-refractivity contribution in [3.8, 4) is 5.75 Å². The fraction of sp³-hybridized carbons (Fsp3) is 0.0556. The van der Waals surface area contributed by atoms with Gasteiger partial charge in [-0.2, -0.15) is 0 Å². The van der Waals surface area contributed by atoms with Crippen LogP contribution in [0.2, 0.25) is 0 Å². The maximum atomic E-state index is 5.62. The van der Waals surface area contributed by atoms with Gasteiger partial charge in [0.25, 0.3) is 0 Å².